The van der Waals surface area contributed by atoms with Crippen molar-refractivity contribution in [2.24, 2.45) is 11.8 Å². The van der Waals surface area contributed by atoms with E-state index in [4.69, 9.17) is 4.74 Å². The van der Waals surface area contributed by atoms with E-state index in [-0.39, 0.29) is 18.4 Å². The van der Waals surface area contributed by atoms with E-state index < -0.39 is 6.04 Å². The molecule has 0 bridgehead atoms. The van der Waals surface area contributed by atoms with Crippen LogP contribution in [0.1, 0.15) is 5.56 Å². The number of benzene rings is 1. The maximum Gasteiger partial charge on any atom is 0.249 e. The minimum Gasteiger partial charge on any atom is -0.369 e. The summed E-state index contributed by atoms with van der Waals surface area (Å²) < 4.78 is 5.39. The van der Waals surface area contributed by atoms with E-state index in [0.29, 0.717) is 25.0 Å². The van der Waals surface area contributed by atoms with E-state index in [1.807, 2.05) is 35.2 Å². The molecule has 2 amide bonds. The topological polar surface area (TPSA) is 61.9 Å². The quantitative estimate of drug-likeness (QED) is 0.854. The fourth-order valence-electron chi connectivity index (χ4n) is 4.03. The number of morpholine rings is 1. The zero-order valence-electron chi connectivity index (χ0n) is 13.7. The number of carbonyl (C=O) groups is 2. The van der Waals surface area contributed by atoms with Crippen LogP contribution in [0.15, 0.2) is 30.3 Å². The molecule has 0 aliphatic carbocycles. The molecule has 6 nitrogen and oxygen atoms in total. The molecule has 1 aromatic rings. The molecule has 3 aliphatic heterocycles. The first-order valence-electron chi connectivity index (χ1n) is 8.63. The van der Waals surface area contributed by atoms with Crippen LogP contribution in [0.3, 0.4) is 0 Å². The van der Waals surface area contributed by atoms with Crippen molar-refractivity contribution in [3.8, 4) is 0 Å². The maximum atomic E-state index is 13.0. The number of hydrogen-bond donors (Lipinski definition) is 1. The van der Waals surface area contributed by atoms with Gasteiger partial charge in [0, 0.05) is 32.7 Å². The second-order valence-electron chi connectivity index (χ2n) is 6.96. The van der Waals surface area contributed by atoms with Crippen molar-refractivity contribution >= 4 is 11.8 Å². The van der Waals surface area contributed by atoms with E-state index in [2.05, 4.69) is 5.32 Å². The first-order valence-corrected chi connectivity index (χ1v) is 8.63. The Labute approximate surface area is 141 Å². The molecule has 128 valence electrons. The lowest BCUT2D eigenvalue weighted by Gasteiger charge is -2.36. The predicted molar refractivity (Wildman–Crippen MR) is 88.0 cm³/mol. The number of amides is 2. The third-order valence-corrected chi connectivity index (χ3v) is 5.38. The molecule has 3 aliphatic rings. The summed E-state index contributed by atoms with van der Waals surface area (Å²) in [4.78, 5) is 29.0. The van der Waals surface area contributed by atoms with Crippen molar-refractivity contribution in [2.75, 3.05) is 39.4 Å². The Balaban J connectivity index is 1.49. The van der Waals surface area contributed by atoms with Crippen molar-refractivity contribution in [1.82, 2.24) is 15.1 Å². The van der Waals surface area contributed by atoms with E-state index >= 15 is 0 Å². The molecule has 4 rings (SSSR count). The average Bonchev–Trinajstić information content (AvgIpc) is 3.19. The van der Waals surface area contributed by atoms with Gasteiger partial charge in [-0.05, 0) is 17.4 Å². The summed E-state index contributed by atoms with van der Waals surface area (Å²) in [6, 6.07) is 9.31. The number of ether oxygens (including phenoxy) is 1. The molecule has 0 radical (unpaired) electrons. The maximum absolute atomic E-state index is 13.0. The summed E-state index contributed by atoms with van der Waals surface area (Å²) in [5.41, 5.74) is 1.04. The number of nitrogens with one attached hydrogen (secondary N) is 1. The van der Waals surface area contributed by atoms with Crippen LogP contribution in [-0.4, -0.2) is 67.0 Å². The number of likely N-dealkylation sites (tertiary alicyclic amines) is 1. The summed E-state index contributed by atoms with van der Waals surface area (Å²) in [7, 11) is 0. The SMILES string of the molecule is O=C([C@H]1COCC(=O)N1Cc1ccccc1)N1C[C@H]2CNC[C@H]2C1. The van der Waals surface area contributed by atoms with Gasteiger partial charge in [0.2, 0.25) is 11.8 Å². The monoisotopic (exact) mass is 329 g/mol. The van der Waals surface area contributed by atoms with Crippen molar-refractivity contribution in [3.63, 3.8) is 0 Å². The first kappa shape index (κ1) is 15.6. The minimum absolute atomic E-state index is 0.0355. The fraction of sp³-hybridized carbons (Fsp3) is 0.556. The Hall–Kier alpha value is -1.92. The lowest BCUT2D eigenvalue weighted by molar-refractivity contribution is -0.159. The minimum atomic E-state index is -0.502. The van der Waals surface area contributed by atoms with Crippen LogP contribution < -0.4 is 5.32 Å². The summed E-state index contributed by atoms with van der Waals surface area (Å²) in [6.07, 6.45) is 0. The van der Waals surface area contributed by atoms with E-state index in [9.17, 15) is 9.59 Å². The van der Waals surface area contributed by atoms with E-state index in [1.54, 1.807) is 4.90 Å². The molecule has 3 saturated heterocycles. The van der Waals surface area contributed by atoms with Crippen molar-refractivity contribution in [2.45, 2.75) is 12.6 Å². The number of fused-ring (bicyclic) bond motifs is 1. The van der Waals surface area contributed by atoms with Crippen LogP contribution in [0.5, 0.6) is 0 Å². The van der Waals surface area contributed by atoms with Crippen LogP contribution in [0.2, 0.25) is 0 Å². The number of carbonyl (C=O) groups excluding carboxylic acids is 2. The Morgan fingerprint density at radius 3 is 2.58 bits per heavy atom. The van der Waals surface area contributed by atoms with Gasteiger partial charge < -0.3 is 19.9 Å². The molecule has 0 unspecified atom stereocenters. The van der Waals surface area contributed by atoms with Gasteiger partial charge in [-0.2, -0.15) is 0 Å². The van der Waals surface area contributed by atoms with Crippen LogP contribution >= 0.6 is 0 Å². The van der Waals surface area contributed by atoms with Crippen molar-refractivity contribution in [3.05, 3.63) is 35.9 Å². The molecule has 1 N–H and O–H groups in total. The van der Waals surface area contributed by atoms with Gasteiger partial charge in [0.05, 0.1) is 6.61 Å². The molecule has 24 heavy (non-hydrogen) atoms. The molecule has 0 aromatic heterocycles. The highest BCUT2D eigenvalue weighted by atomic mass is 16.5. The smallest absolute Gasteiger partial charge is 0.249 e. The zero-order chi connectivity index (χ0) is 16.5. The van der Waals surface area contributed by atoms with Gasteiger partial charge in [-0.3, -0.25) is 9.59 Å². The summed E-state index contributed by atoms with van der Waals surface area (Å²) in [5, 5.41) is 3.38. The lowest BCUT2D eigenvalue weighted by Crippen LogP contribution is -2.56. The molecule has 3 fully saturated rings. The van der Waals surface area contributed by atoms with Crippen LogP contribution in [0.4, 0.5) is 0 Å². The summed E-state index contributed by atoms with van der Waals surface area (Å²) in [5.74, 6) is 1.03. The highest BCUT2D eigenvalue weighted by Crippen LogP contribution is 2.28. The van der Waals surface area contributed by atoms with E-state index in [0.717, 1.165) is 31.7 Å². The van der Waals surface area contributed by atoms with Gasteiger partial charge in [0.25, 0.3) is 0 Å². The summed E-state index contributed by atoms with van der Waals surface area (Å²) in [6.45, 7) is 4.38. The lowest BCUT2D eigenvalue weighted by atomic mass is 10.0. The summed E-state index contributed by atoms with van der Waals surface area (Å²) >= 11 is 0. The van der Waals surface area contributed by atoms with Crippen LogP contribution in [-0.2, 0) is 20.9 Å². The largest absolute Gasteiger partial charge is 0.369 e. The van der Waals surface area contributed by atoms with Crippen molar-refractivity contribution in [1.29, 1.82) is 0 Å². The number of hydrogen-bond acceptors (Lipinski definition) is 4. The molecule has 1 aromatic carbocycles. The number of rotatable bonds is 3. The second-order valence-corrected chi connectivity index (χ2v) is 6.96. The predicted octanol–water partition coefficient (Wildman–Crippen LogP) is 0.0918. The molecule has 3 heterocycles. The van der Waals surface area contributed by atoms with Gasteiger partial charge in [-0.1, -0.05) is 30.3 Å². The Kier molecular flexibility index (Phi) is 4.24. The van der Waals surface area contributed by atoms with Gasteiger partial charge >= 0.3 is 0 Å². The molecular formula is C18H23N3O3. The third kappa shape index (κ3) is 2.91. The highest BCUT2D eigenvalue weighted by Gasteiger charge is 2.43. The normalized spacial score (nSPS) is 29.8. The Bertz CT molecular complexity index is 609. The standard InChI is InChI=1S/C18H23N3O3/c22-17-12-24-11-16(21(17)8-13-4-2-1-3-5-13)18(23)20-9-14-6-19-7-15(14)10-20/h1-5,14-16,19H,6-12H2/t14-,15+,16-/m1/s1. The van der Waals surface area contributed by atoms with Gasteiger partial charge in [-0.15, -0.1) is 0 Å². The third-order valence-electron chi connectivity index (χ3n) is 5.38. The molecule has 6 heteroatoms. The average molecular weight is 329 g/mol. The number of nitrogens with zero attached hydrogens (tertiary/aromatic N) is 2. The van der Waals surface area contributed by atoms with Gasteiger partial charge in [0.1, 0.15) is 12.6 Å². The molecule has 3 atom stereocenters. The molecular weight excluding hydrogens is 306 g/mol. The Morgan fingerprint density at radius 1 is 1.17 bits per heavy atom. The zero-order valence-corrected chi connectivity index (χ0v) is 13.7. The highest BCUT2D eigenvalue weighted by molar-refractivity contribution is 5.89. The second kappa shape index (κ2) is 6.53. The van der Waals surface area contributed by atoms with Crippen LogP contribution in [0.25, 0.3) is 0 Å². The molecule has 0 spiro atoms. The Morgan fingerprint density at radius 2 is 1.88 bits per heavy atom. The van der Waals surface area contributed by atoms with Gasteiger partial charge in [0.15, 0.2) is 0 Å². The van der Waals surface area contributed by atoms with Crippen molar-refractivity contribution < 1.29 is 14.3 Å². The fourth-order valence-corrected chi connectivity index (χ4v) is 4.03. The van der Waals surface area contributed by atoms with Gasteiger partial charge in [-0.25, -0.2) is 0 Å². The van der Waals surface area contributed by atoms with Crippen LogP contribution in [0, 0.1) is 11.8 Å². The van der Waals surface area contributed by atoms with E-state index in [1.165, 1.54) is 0 Å². The first-order chi connectivity index (χ1) is 11.7. The molecule has 0 saturated carbocycles.